The van der Waals surface area contributed by atoms with Crippen LogP contribution in [-0.4, -0.2) is 23.1 Å². The molecule has 1 atom stereocenters. The zero-order chi connectivity index (χ0) is 18.8. The van der Waals surface area contributed by atoms with E-state index in [0.717, 1.165) is 12.1 Å². The molecule has 1 heterocycles. The van der Waals surface area contributed by atoms with E-state index in [-0.39, 0.29) is 16.5 Å². The van der Waals surface area contributed by atoms with Crippen molar-refractivity contribution in [3.63, 3.8) is 0 Å². The summed E-state index contributed by atoms with van der Waals surface area (Å²) in [4.78, 5) is 23.8. The molecule has 25 heavy (non-hydrogen) atoms. The fraction of sp³-hybridized carbons (Fsp3) is 0.267. The van der Waals surface area contributed by atoms with Crippen LogP contribution in [0.1, 0.15) is 28.7 Å². The summed E-state index contributed by atoms with van der Waals surface area (Å²) in [5.74, 6) is -1.99. The number of hydrogen-bond acceptors (Lipinski definition) is 5. The largest absolute Gasteiger partial charge is 0.447 e. The molecule has 134 valence electrons. The fourth-order valence-electron chi connectivity index (χ4n) is 1.76. The number of nitrogens with zero attached hydrogens (tertiary/aromatic N) is 1. The Morgan fingerprint density at radius 3 is 2.56 bits per heavy atom. The lowest BCUT2D eigenvalue weighted by atomic mass is 10.2. The predicted molar refractivity (Wildman–Crippen MR) is 81.2 cm³/mol. The zero-order valence-electron chi connectivity index (χ0n) is 13.0. The number of rotatable bonds is 4. The van der Waals surface area contributed by atoms with E-state index in [9.17, 15) is 22.8 Å². The smallest absolute Gasteiger partial charge is 0.416 e. The summed E-state index contributed by atoms with van der Waals surface area (Å²) in [5.41, 5.74) is -0.784. The molecule has 1 N–H and O–H groups in total. The van der Waals surface area contributed by atoms with Gasteiger partial charge in [0.1, 0.15) is 0 Å². The number of nitrogens with one attached hydrogen (secondary N) is 1. The van der Waals surface area contributed by atoms with Crippen molar-refractivity contribution in [2.24, 2.45) is 0 Å². The average Bonchev–Trinajstić information content (AvgIpc) is 2.94. The number of ether oxygens (including phenoxy) is 1. The van der Waals surface area contributed by atoms with Crippen LogP contribution in [0.15, 0.2) is 28.8 Å². The topological polar surface area (TPSA) is 81.4 Å². The molecule has 0 fully saturated rings. The SMILES string of the molecule is Cc1cc(C(=O)O[C@H](C)C(=O)Nc2cc(C(F)(F)F)ccc2Cl)on1. The number of carbonyl (C=O) groups is 2. The summed E-state index contributed by atoms with van der Waals surface area (Å²) < 4.78 is 47.7. The van der Waals surface area contributed by atoms with Crippen molar-refractivity contribution in [3.8, 4) is 0 Å². The van der Waals surface area contributed by atoms with Crippen molar-refractivity contribution >= 4 is 29.2 Å². The van der Waals surface area contributed by atoms with Crippen LogP contribution < -0.4 is 5.32 Å². The molecule has 2 aromatic rings. The molecule has 0 bridgehead atoms. The molecular formula is C15H12ClF3N2O4. The van der Waals surface area contributed by atoms with Gasteiger partial charge in [0.05, 0.1) is 22.0 Å². The van der Waals surface area contributed by atoms with E-state index in [1.165, 1.54) is 13.0 Å². The molecule has 0 aliphatic rings. The van der Waals surface area contributed by atoms with Gasteiger partial charge in [0, 0.05) is 6.07 Å². The minimum Gasteiger partial charge on any atom is -0.447 e. The Balaban J connectivity index is 2.07. The highest BCUT2D eigenvalue weighted by atomic mass is 35.5. The van der Waals surface area contributed by atoms with Crippen molar-refractivity contribution in [2.45, 2.75) is 26.1 Å². The molecule has 0 saturated heterocycles. The third-order valence-corrected chi connectivity index (χ3v) is 3.36. The molecule has 1 amide bonds. The van der Waals surface area contributed by atoms with Gasteiger partial charge in [-0.15, -0.1) is 0 Å². The first-order valence-electron chi connectivity index (χ1n) is 6.90. The Morgan fingerprint density at radius 2 is 2.00 bits per heavy atom. The van der Waals surface area contributed by atoms with Crippen LogP contribution in [0.25, 0.3) is 0 Å². The van der Waals surface area contributed by atoms with Gasteiger partial charge in [0.25, 0.3) is 5.91 Å². The molecule has 0 spiro atoms. The van der Waals surface area contributed by atoms with Crippen LogP contribution in [0, 0.1) is 6.92 Å². The second-order valence-electron chi connectivity index (χ2n) is 5.06. The first-order valence-corrected chi connectivity index (χ1v) is 7.27. The van der Waals surface area contributed by atoms with Crippen LogP contribution in [0.3, 0.4) is 0 Å². The monoisotopic (exact) mass is 376 g/mol. The maximum atomic E-state index is 12.7. The first kappa shape index (κ1) is 18.8. The van der Waals surface area contributed by atoms with Gasteiger partial charge in [0.15, 0.2) is 6.10 Å². The Kier molecular flexibility index (Phi) is 5.36. The van der Waals surface area contributed by atoms with Crippen LogP contribution in [0.4, 0.5) is 18.9 Å². The minimum atomic E-state index is -4.59. The molecule has 6 nitrogen and oxygen atoms in total. The summed E-state index contributed by atoms with van der Waals surface area (Å²) in [5, 5.41) is 5.60. The molecule has 0 aliphatic carbocycles. The first-order chi connectivity index (χ1) is 11.6. The summed E-state index contributed by atoms with van der Waals surface area (Å²) in [6, 6.07) is 3.80. The quantitative estimate of drug-likeness (QED) is 0.820. The maximum Gasteiger partial charge on any atom is 0.416 e. The minimum absolute atomic E-state index is 0.0919. The molecule has 2 rings (SSSR count). The summed E-state index contributed by atoms with van der Waals surface area (Å²) >= 11 is 5.79. The fourth-order valence-corrected chi connectivity index (χ4v) is 1.93. The lowest BCUT2D eigenvalue weighted by molar-refractivity contribution is -0.137. The third-order valence-electron chi connectivity index (χ3n) is 3.03. The molecule has 0 saturated carbocycles. The third kappa shape index (κ3) is 4.72. The van der Waals surface area contributed by atoms with Crippen molar-refractivity contribution < 1.29 is 32.0 Å². The van der Waals surface area contributed by atoms with Crippen LogP contribution >= 0.6 is 11.6 Å². The number of esters is 1. The van der Waals surface area contributed by atoms with E-state index in [1.54, 1.807) is 6.92 Å². The normalized spacial score (nSPS) is 12.6. The number of hydrogen-bond donors (Lipinski definition) is 1. The number of aryl methyl sites for hydroxylation is 1. The van der Waals surface area contributed by atoms with E-state index in [0.29, 0.717) is 11.8 Å². The molecule has 1 aromatic carbocycles. The number of halogens is 4. The number of aromatic nitrogens is 1. The lowest BCUT2D eigenvalue weighted by Crippen LogP contribution is -2.30. The van der Waals surface area contributed by atoms with Gasteiger partial charge in [-0.3, -0.25) is 4.79 Å². The van der Waals surface area contributed by atoms with Crippen LogP contribution in [0.2, 0.25) is 5.02 Å². The van der Waals surface area contributed by atoms with Gasteiger partial charge >= 0.3 is 12.1 Å². The summed E-state index contributed by atoms with van der Waals surface area (Å²) in [6.45, 7) is 2.84. The second-order valence-corrected chi connectivity index (χ2v) is 5.47. The van der Waals surface area contributed by atoms with Crippen molar-refractivity contribution in [1.82, 2.24) is 5.16 Å². The van der Waals surface area contributed by atoms with Gasteiger partial charge < -0.3 is 14.6 Å². The van der Waals surface area contributed by atoms with Crippen molar-refractivity contribution in [1.29, 1.82) is 0 Å². The molecule has 0 radical (unpaired) electrons. The van der Waals surface area contributed by atoms with Crippen LogP contribution in [0.5, 0.6) is 0 Å². The molecule has 0 unspecified atom stereocenters. The number of amides is 1. The van der Waals surface area contributed by atoms with Crippen LogP contribution in [-0.2, 0) is 15.7 Å². The van der Waals surface area contributed by atoms with E-state index in [2.05, 4.69) is 10.5 Å². The van der Waals surface area contributed by atoms with Crippen molar-refractivity contribution in [3.05, 3.63) is 46.3 Å². The highest BCUT2D eigenvalue weighted by Crippen LogP contribution is 2.33. The van der Waals surface area contributed by atoms with E-state index >= 15 is 0 Å². The van der Waals surface area contributed by atoms with E-state index < -0.39 is 29.7 Å². The predicted octanol–water partition coefficient (Wildman–Crippen LogP) is 3.84. The van der Waals surface area contributed by atoms with Gasteiger partial charge in [0.2, 0.25) is 5.76 Å². The Morgan fingerprint density at radius 1 is 1.32 bits per heavy atom. The average molecular weight is 377 g/mol. The number of alkyl halides is 3. The molecule has 10 heteroatoms. The standard InChI is InChI=1S/C15H12ClF3N2O4/c1-7-5-12(25-21-7)14(23)24-8(2)13(22)20-11-6-9(15(17,18)19)3-4-10(11)16/h3-6,8H,1-2H3,(H,20,22)/t8-/m1/s1. The summed E-state index contributed by atoms with van der Waals surface area (Å²) in [7, 11) is 0. The summed E-state index contributed by atoms with van der Waals surface area (Å²) in [6.07, 6.45) is -5.89. The molecule has 1 aromatic heterocycles. The molecule has 0 aliphatic heterocycles. The Labute approximate surface area is 144 Å². The number of benzene rings is 1. The van der Waals surface area contributed by atoms with Gasteiger partial charge in [-0.05, 0) is 32.0 Å². The highest BCUT2D eigenvalue weighted by Gasteiger charge is 2.31. The number of carbonyl (C=O) groups excluding carboxylic acids is 2. The maximum absolute atomic E-state index is 12.7. The van der Waals surface area contributed by atoms with Gasteiger partial charge in [-0.1, -0.05) is 16.8 Å². The highest BCUT2D eigenvalue weighted by molar-refractivity contribution is 6.33. The molecular weight excluding hydrogens is 365 g/mol. The van der Waals surface area contributed by atoms with Crippen molar-refractivity contribution in [2.75, 3.05) is 5.32 Å². The second kappa shape index (κ2) is 7.14. The Hall–Kier alpha value is -2.55. The lowest BCUT2D eigenvalue weighted by Gasteiger charge is -2.15. The number of anilines is 1. The Bertz CT molecular complexity index is 804. The zero-order valence-corrected chi connectivity index (χ0v) is 13.7. The van der Waals surface area contributed by atoms with Gasteiger partial charge in [-0.25, -0.2) is 4.79 Å². The van der Waals surface area contributed by atoms with E-state index in [1.807, 2.05) is 0 Å². The van der Waals surface area contributed by atoms with E-state index in [4.69, 9.17) is 20.9 Å². The van der Waals surface area contributed by atoms with Gasteiger partial charge in [-0.2, -0.15) is 13.2 Å².